The van der Waals surface area contributed by atoms with Crippen molar-refractivity contribution < 1.29 is 9.84 Å². The average Bonchev–Trinajstić information content (AvgIpc) is 2.34. The summed E-state index contributed by atoms with van der Waals surface area (Å²) in [6.45, 7) is -0.0294. The van der Waals surface area contributed by atoms with Crippen molar-refractivity contribution in [2.45, 2.75) is 6.61 Å². The van der Waals surface area contributed by atoms with Gasteiger partial charge in [-0.3, -0.25) is 0 Å². The van der Waals surface area contributed by atoms with Gasteiger partial charge in [0.25, 0.3) is 0 Å². The van der Waals surface area contributed by atoms with E-state index in [2.05, 4.69) is 15.9 Å². The average molecular weight is 314 g/mol. The largest absolute Gasteiger partial charge is 0.457 e. The Hall–Kier alpha value is -1.03. The molecule has 0 fully saturated rings. The van der Waals surface area contributed by atoms with Crippen molar-refractivity contribution in [2.24, 2.45) is 0 Å². The van der Waals surface area contributed by atoms with Crippen LogP contribution in [0, 0.1) is 0 Å². The lowest BCUT2D eigenvalue weighted by molar-refractivity contribution is 0.280. The molecule has 2 nitrogen and oxygen atoms in total. The number of halogens is 2. The molecule has 17 heavy (non-hydrogen) atoms. The summed E-state index contributed by atoms with van der Waals surface area (Å²) in [6, 6.07) is 12.6. The molecule has 0 aromatic heterocycles. The van der Waals surface area contributed by atoms with E-state index in [-0.39, 0.29) is 6.61 Å². The first kappa shape index (κ1) is 12.4. The molecular formula is C13H10BrClO2. The van der Waals surface area contributed by atoms with Crippen LogP contribution in [0.3, 0.4) is 0 Å². The van der Waals surface area contributed by atoms with E-state index < -0.39 is 0 Å². The quantitative estimate of drug-likeness (QED) is 0.911. The molecule has 0 saturated carbocycles. The van der Waals surface area contributed by atoms with E-state index in [0.29, 0.717) is 16.5 Å². The number of aliphatic hydroxyl groups is 1. The van der Waals surface area contributed by atoms with Gasteiger partial charge < -0.3 is 9.84 Å². The van der Waals surface area contributed by atoms with Crippen LogP contribution in [0.15, 0.2) is 46.9 Å². The topological polar surface area (TPSA) is 29.5 Å². The molecule has 2 aromatic rings. The molecule has 4 heteroatoms. The normalized spacial score (nSPS) is 10.3. The molecular weight excluding hydrogens is 303 g/mol. The first-order chi connectivity index (χ1) is 8.19. The lowest BCUT2D eigenvalue weighted by Crippen LogP contribution is -1.88. The summed E-state index contributed by atoms with van der Waals surface area (Å²) < 4.78 is 6.50. The minimum atomic E-state index is -0.0294. The first-order valence-electron chi connectivity index (χ1n) is 5.02. The van der Waals surface area contributed by atoms with E-state index in [1.165, 1.54) is 0 Å². The molecule has 0 aliphatic rings. The van der Waals surface area contributed by atoms with Gasteiger partial charge in [0.05, 0.1) is 6.61 Å². The van der Waals surface area contributed by atoms with E-state index in [0.717, 1.165) is 10.0 Å². The van der Waals surface area contributed by atoms with Gasteiger partial charge in [0.1, 0.15) is 11.5 Å². The zero-order chi connectivity index (χ0) is 12.3. The third-order valence-corrected chi connectivity index (χ3v) is 3.26. The van der Waals surface area contributed by atoms with Crippen LogP contribution >= 0.6 is 27.5 Å². The minimum absolute atomic E-state index is 0.0294. The molecule has 0 heterocycles. The van der Waals surface area contributed by atoms with Gasteiger partial charge in [0, 0.05) is 9.50 Å². The van der Waals surface area contributed by atoms with Gasteiger partial charge in [-0.05, 0) is 48.0 Å². The van der Waals surface area contributed by atoms with Gasteiger partial charge in [-0.2, -0.15) is 0 Å². The molecule has 0 spiro atoms. The van der Waals surface area contributed by atoms with Crippen LogP contribution in [0.5, 0.6) is 11.5 Å². The second kappa shape index (κ2) is 5.54. The van der Waals surface area contributed by atoms with Crippen molar-refractivity contribution in [2.75, 3.05) is 0 Å². The monoisotopic (exact) mass is 312 g/mol. The number of benzene rings is 2. The van der Waals surface area contributed by atoms with Crippen molar-refractivity contribution >= 4 is 27.5 Å². The molecule has 2 rings (SSSR count). The Morgan fingerprint density at radius 3 is 2.35 bits per heavy atom. The Balaban J connectivity index is 2.21. The molecule has 88 valence electrons. The summed E-state index contributed by atoms with van der Waals surface area (Å²) >= 11 is 9.14. The van der Waals surface area contributed by atoms with Gasteiger partial charge in [-0.25, -0.2) is 0 Å². The predicted molar refractivity (Wildman–Crippen MR) is 71.6 cm³/mol. The van der Waals surface area contributed by atoms with E-state index in [1.807, 2.05) is 12.1 Å². The molecule has 1 N–H and O–H groups in total. The van der Waals surface area contributed by atoms with Crippen LogP contribution in [-0.4, -0.2) is 5.11 Å². The van der Waals surface area contributed by atoms with Gasteiger partial charge in [-0.15, -0.1) is 0 Å². The number of aliphatic hydroxyl groups excluding tert-OH is 1. The van der Waals surface area contributed by atoms with Gasteiger partial charge >= 0.3 is 0 Å². The molecule has 2 aromatic carbocycles. The van der Waals surface area contributed by atoms with Crippen molar-refractivity contribution in [3.05, 3.63) is 57.5 Å². The minimum Gasteiger partial charge on any atom is -0.457 e. The molecule has 0 aliphatic carbocycles. The fraction of sp³-hybridized carbons (Fsp3) is 0.0769. The lowest BCUT2D eigenvalue weighted by atomic mass is 10.2. The van der Waals surface area contributed by atoms with Gasteiger partial charge in [0.15, 0.2) is 0 Å². The smallest absolute Gasteiger partial charge is 0.127 e. The van der Waals surface area contributed by atoms with E-state index >= 15 is 0 Å². The van der Waals surface area contributed by atoms with Gasteiger partial charge in [0.2, 0.25) is 0 Å². The standard InChI is InChI=1S/C13H10BrClO2/c14-13-6-5-12(7-9(13)8-16)17-11-3-1-10(15)2-4-11/h1-7,16H,8H2. The summed E-state index contributed by atoms with van der Waals surface area (Å²) in [5.74, 6) is 1.39. The van der Waals surface area contributed by atoms with E-state index in [9.17, 15) is 0 Å². The van der Waals surface area contributed by atoms with E-state index in [1.54, 1.807) is 30.3 Å². The van der Waals surface area contributed by atoms with Crippen molar-refractivity contribution in [1.82, 2.24) is 0 Å². The molecule has 0 aliphatic heterocycles. The highest BCUT2D eigenvalue weighted by Gasteiger charge is 2.02. The SMILES string of the molecule is OCc1cc(Oc2ccc(Cl)cc2)ccc1Br. The fourth-order valence-corrected chi connectivity index (χ4v) is 1.87. The maximum absolute atomic E-state index is 9.14. The fourth-order valence-electron chi connectivity index (χ4n) is 1.37. The number of ether oxygens (including phenoxy) is 1. The Bertz CT molecular complexity index is 511. The van der Waals surface area contributed by atoms with Crippen LogP contribution in [0.2, 0.25) is 5.02 Å². The highest BCUT2D eigenvalue weighted by atomic mass is 79.9. The maximum atomic E-state index is 9.14. The first-order valence-corrected chi connectivity index (χ1v) is 6.19. The third-order valence-electron chi connectivity index (χ3n) is 2.24. The zero-order valence-corrected chi connectivity index (χ0v) is 11.2. The zero-order valence-electron chi connectivity index (χ0n) is 8.86. The van der Waals surface area contributed by atoms with Crippen LogP contribution < -0.4 is 4.74 Å². The Kier molecular flexibility index (Phi) is 4.05. The molecule has 0 unspecified atom stereocenters. The number of rotatable bonds is 3. The van der Waals surface area contributed by atoms with Crippen LogP contribution in [0.1, 0.15) is 5.56 Å². The van der Waals surface area contributed by atoms with Crippen LogP contribution in [0.25, 0.3) is 0 Å². The molecule has 0 amide bonds. The Morgan fingerprint density at radius 2 is 1.71 bits per heavy atom. The van der Waals surface area contributed by atoms with E-state index in [4.69, 9.17) is 21.4 Å². The molecule has 0 atom stereocenters. The highest BCUT2D eigenvalue weighted by molar-refractivity contribution is 9.10. The second-order valence-corrected chi connectivity index (χ2v) is 4.76. The summed E-state index contributed by atoms with van der Waals surface area (Å²) in [5, 5.41) is 9.81. The summed E-state index contributed by atoms with van der Waals surface area (Å²) in [6.07, 6.45) is 0. The Morgan fingerprint density at radius 1 is 1.06 bits per heavy atom. The second-order valence-electron chi connectivity index (χ2n) is 3.47. The summed E-state index contributed by atoms with van der Waals surface area (Å²) in [4.78, 5) is 0. The molecule has 0 saturated heterocycles. The summed E-state index contributed by atoms with van der Waals surface area (Å²) in [7, 11) is 0. The predicted octanol–water partition coefficient (Wildman–Crippen LogP) is 4.39. The molecule has 0 radical (unpaired) electrons. The lowest BCUT2D eigenvalue weighted by Gasteiger charge is -2.08. The van der Waals surface area contributed by atoms with Crippen LogP contribution in [-0.2, 0) is 6.61 Å². The Labute approximate surface area is 113 Å². The number of hydrogen-bond donors (Lipinski definition) is 1. The molecule has 0 bridgehead atoms. The van der Waals surface area contributed by atoms with Crippen LogP contribution in [0.4, 0.5) is 0 Å². The van der Waals surface area contributed by atoms with Crippen molar-refractivity contribution in [3.63, 3.8) is 0 Å². The summed E-state index contributed by atoms with van der Waals surface area (Å²) in [5.41, 5.74) is 0.788. The maximum Gasteiger partial charge on any atom is 0.127 e. The third kappa shape index (κ3) is 3.22. The van der Waals surface area contributed by atoms with Crippen molar-refractivity contribution in [1.29, 1.82) is 0 Å². The number of hydrogen-bond acceptors (Lipinski definition) is 2. The van der Waals surface area contributed by atoms with Crippen molar-refractivity contribution in [3.8, 4) is 11.5 Å². The highest BCUT2D eigenvalue weighted by Crippen LogP contribution is 2.27. The van der Waals surface area contributed by atoms with Gasteiger partial charge in [-0.1, -0.05) is 27.5 Å².